The number of fused-ring (bicyclic) bond motifs is 1. The Morgan fingerprint density at radius 1 is 1.12 bits per heavy atom. The van der Waals surface area contributed by atoms with Crippen LogP contribution in [0.4, 0.5) is 0 Å². The van der Waals surface area contributed by atoms with Crippen molar-refractivity contribution in [2.24, 2.45) is 7.05 Å². The summed E-state index contributed by atoms with van der Waals surface area (Å²) in [6, 6.07) is 0. The predicted octanol–water partition coefficient (Wildman–Crippen LogP) is 0.825. The van der Waals surface area contributed by atoms with Crippen LogP contribution < -0.4 is 0 Å². The fourth-order valence-electron chi connectivity index (χ4n) is 2.77. The van der Waals surface area contributed by atoms with Gasteiger partial charge in [-0.25, -0.2) is 4.79 Å². The Morgan fingerprint density at radius 2 is 1.83 bits per heavy atom. The third kappa shape index (κ3) is 3.93. The molecule has 0 N–H and O–H groups in total. The van der Waals surface area contributed by atoms with E-state index in [4.69, 9.17) is 9.47 Å². The summed E-state index contributed by atoms with van der Waals surface area (Å²) in [5.74, 6) is -0.986. The molecule has 2 heterocycles. The third-order valence-electron chi connectivity index (χ3n) is 3.91. The number of carbonyl (C=O) groups is 3. The number of hydrogen-bond donors (Lipinski definition) is 0. The Morgan fingerprint density at radius 3 is 2.50 bits per heavy atom. The molecule has 0 bridgehead atoms. The summed E-state index contributed by atoms with van der Waals surface area (Å²) in [7, 11) is 1.78. The van der Waals surface area contributed by atoms with Crippen LogP contribution in [-0.2, 0) is 39.1 Å². The highest BCUT2D eigenvalue weighted by atomic mass is 16.5. The van der Waals surface area contributed by atoms with Crippen LogP contribution in [-0.4, -0.2) is 52.3 Å². The topological polar surface area (TPSA) is 90.7 Å². The van der Waals surface area contributed by atoms with Gasteiger partial charge in [-0.15, -0.1) is 0 Å². The van der Waals surface area contributed by atoms with Gasteiger partial charge < -0.3 is 14.4 Å². The van der Waals surface area contributed by atoms with Crippen LogP contribution in [0.5, 0.6) is 0 Å². The van der Waals surface area contributed by atoms with Gasteiger partial charge in [0.25, 0.3) is 0 Å². The summed E-state index contributed by atoms with van der Waals surface area (Å²) in [6.45, 7) is 4.88. The van der Waals surface area contributed by atoms with Crippen LogP contribution >= 0.6 is 0 Å². The summed E-state index contributed by atoms with van der Waals surface area (Å²) in [5, 5.41) is 4.23. The quantitative estimate of drug-likeness (QED) is 0.714. The number of nitrogens with zero attached hydrogens (tertiary/aromatic N) is 3. The van der Waals surface area contributed by atoms with Crippen LogP contribution in [0.1, 0.15) is 48.4 Å². The van der Waals surface area contributed by atoms with Crippen molar-refractivity contribution in [3.05, 3.63) is 17.0 Å². The number of hydrogen-bond acceptors (Lipinski definition) is 6. The smallest absolute Gasteiger partial charge is 0.359 e. The van der Waals surface area contributed by atoms with E-state index in [1.807, 2.05) is 0 Å². The summed E-state index contributed by atoms with van der Waals surface area (Å²) in [6.07, 6.45) is 0.778. The number of ether oxygens (including phenoxy) is 2. The summed E-state index contributed by atoms with van der Waals surface area (Å²) in [4.78, 5) is 37.4. The normalized spacial score (nSPS) is 13.4. The molecule has 1 aromatic heterocycles. The van der Waals surface area contributed by atoms with Gasteiger partial charge in [-0.3, -0.25) is 14.3 Å². The average molecular weight is 337 g/mol. The molecule has 0 spiro atoms. The van der Waals surface area contributed by atoms with Crippen LogP contribution in [0.3, 0.4) is 0 Å². The van der Waals surface area contributed by atoms with Gasteiger partial charge >= 0.3 is 11.9 Å². The van der Waals surface area contributed by atoms with Crippen molar-refractivity contribution in [2.75, 3.05) is 19.8 Å². The Hall–Kier alpha value is -2.38. The molecular formula is C16H23N3O5. The minimum absolute atomic E-state index is 0.0633. The van der Waals surface area contributed by atoms with Crippen molar-refractivity contribution in [1.82, 2.24) is 14.7 Å². The predicted molar refractivity (Wildman–Crippen MR) is 84.2 cm³/mol. The summed E-state index contributed by atoms with van der Waals surface area (Å²) in [5.41, 5.74) is 1.93. The van der Waals surface area contributed by atoms with Gasteiger partial charge in [-0.05, 0) is 13.8 Å². The molecule has 0 radical (unpaired) electrons. The van der Waals surface area contributed by atoms with E-state index in [-0.39, 0.29) is 37.0 Å². The van der Waals surface area contributed by atoms with Gasteiger partial charge in [0.05, 0.1) is 19.6 Å². The number of esters is 2. The first-order chi connectivity index (χ1) is 11.5. The van der Waals surface area contributed by atoms with E-state index in [9.17, 15) is 14.4 Å². The molecule has 0 aromatic carbocycles. The lowest BCUT2D eigenvalue weighted by molar-refractivity contribution is -0.145. The Bertz CT molecular complexity index is 638. The highest BCUT2D eigenvalue weighted by molar-refractivity contribution is 5.89. The standard InChI is InChI=1S/C16H23N3O5/c1-4-23-14(21)7-6-13(20)19-9-8-12-11(10-19)15(17-18(12)3)16(22)24-5-2/h4-10H2,1-3H3. The van der Waals surface area contributed by atoms with Crippen LogP contribution in [0.25, 0.3) is 0 Å². The fraction of sp³-hybridized carbons (Fsp3) is 0.625. The Balaban J connectivity index is 2.06. The number of carbonyl (C=O) groups excluding carboxylic acids is 3. The molecule has 8 heteroatoms. The molecule has 0 aliphatic carbocycles. The molecule has 2 rings (SSSR count). The second-order valence-electron chi connectivity index (χ2n) is 5.49. The van der Waals surface area contributed by atoms with Gasteiger partial charge in [-0.2, -0.15) is 5.10 Å². The van der Waals surface area contributed by atoms with E-state index in [0.717, 1.165) is 11.3 Å². The zero-order chi connectivity index (χ0) is 17.7. The number of rotatable bonds is 6. The van der Waals surface area contributed by atoms with E-state index < -0.39 is 5.97 Å². The Kier molecular flexibility index (Phi) is 5.94. The fourth-order valence-corrected chi connectivity index (χ4v) is 2.77. The first-order valence-electron chi connectivity index (χ1n) is 8.13. The summed E-state index contributed by atoms with van der Waals surface area (Å²) < 4.78 is 11.5. The molecular weight excluding hydrogens is 314 g/mol. The molecule has 1 aromatic rings. The van der Waals surface area contributed by atoms with E-state index in [2.05, 4.69) is 5.10 Å². The first kappa shape index (κ1) is 18.0. The van der Waals surface area contributed by atoms with E-state index in [1.165, 1.54) is 0 Å². The molecule has 132 valence electrons. The molecule has 0 unspecified atom stereocenters. The molecule has 0 atom stereocenters. The number of amides is 1. The van der Waals surface area contributed by atoms with E-state index >= 15 is 0 Å². The number of aromatic nitrogens is 2. The maximum absolute atomic E-state index is 12.3. The van der Waals surface area contributed by atoms with Crippen molar-refractivity contribution >= 4 is 17.8 Å². The molecule has 0 saturated carbocycles. The minimum Gasteiger partial charge on any atom is -0.466 e. The zero-order valence-electron chi connectivity index (χ0n) is 14.3. The lowest BCUT2D eigenvalue weighted by Gasteiger charge is -2.27. The largest absolute Gasteiger partial charge is 0.466 e. The van der Waals surface area contributed by atoms with Crippen molar-refractivity contribution in [3.63, 3.8) is 0 Å². The van der Waals surface area contributed by atoms with Gasteiger partial charge in [0.2, 0.25) is 5.91 Å². The van der Waals surface area contributed by atoms with Gasteiger partial charge in [0.15, 0.2) is 5.69 Å². The number of aryl methyl sites for hydroxylation is 1. The second kappa shape index (κ2) is 7.94. The first-order valence-corrected chi connectivity index (χ1v) is 8.13. The molecule has 0 fully saturated rings. The maximum Gasteiger partial charge on any atom is 0.359 e. The molecule has 1 aliphatic heterocycles. The summed E-state index contributed by atoms with van der Waals surface area (Å²) >= 11 is 0. The van der Waals surface area contributed by atoms with E-state index in [0.29, 0.717) is 26.1 Å². The minimum atomic E-state index is -0.477. The van der Waals surface area contributed by atoms with Gasteiger partial charge in [0.1, 0.15) is 0 Å². The van der Waals surface area contributed by atoms with Crippen molar-refractivity contribution in [1.29, 1.82) is 0 Å². The lowest BCUT2D eigenvalue weighted by atomic mass is 10.0. The lowest BCUT2D eigenvalue weighted by Crippen LogP contribution is -2.36. The molecule has 0 saturated heterocycles. The van der Waals surface area contributed by atoms with Gasteiger partial charge in [-0.1, -0.05) is 0 Å². The highest BCUT2D eigenvalue weighted by Gasteiger charge is 2.29. The van der Waals surface area contributed by atoms with Crippen molar-refractivity contribution < 1.29 is 23.9 Å². The van der Waals surface area contributed by atoms with Crippen LogP contribution in [0.2, 0.25) is 0 Å². The molecule has 24 heavy (non-hydrogen) atoms. The maximum atomic E-state index is 12.3. The third-order valence-corrected chi connectivity index (χ3v) is 3.91. The van der Waals surface area contributed by atoms with Gasteiger partial charge in [0, 0.05) is 44.2 Å². The second-order valence-corrected chi connectivity index (χ2v) is 5.49. The molecule has 8 nitrogen and oxygen atoms in total. The SMILES string of the molecule is CCOC(=O)CCC(=O)N1CCc2c(c(C(=O)OCC)nn2C)C1. The average Bonchev–Trinajstić information content (AvgIpc) is 2.89. The zero-order valence-corrected chi connectivity index (χ0v) is 14.3. The van der Waals surface area contributed by atoms with E-state index in [1.54, 1.807) is 30.5 Å². The highest BCUT2D eigenvalue weighted by Crippen LogP contribution is 2.23. The molecule has 1 amide bonds. The van der Waals surface area contributed by atoms with Crippen LogP contribution in [0, 0.1) is 0 Å². The monoisotopic (exact) mass is 337 g/mol. The van der Waals surface area contributed by atoms with Crippen molar-refractivity contribution in [2.45, 2.75) is 39.7 Å². The van der Waals surface area contributed by atoms with Crippen LogP contribution in [0.15, 0.2) is 0 Å². The van der Waals surface area contributed by atoms with Crippen molar-refractivity contribution in [3.8, 4) is 0 Å². The Labute approximate surface area is 140 Å². The molecule has 1 aliphatic rings.